The molecule has 0 aromatic carbocycles. The molecule has 0 amide bonds. The van der Waals surface area contributed by atoms with E-state index in [-0.39, 0.29) is 5.88 Å². The average Bonchev–Trinajstić information content (AvgIpc) is 2.29. The van der Waals surface area contributed by atoms with Gasteiger partial charge in [0.15, 0.2) is 5.82 Å². The Morgan fingerprint density at radius 3 is 3.27 bits per heavy atom. The zero-order chi connectivity index (χ0) is 10.5. The SMILES string of the molecule is Fc1cccnc1OCC1CCCOC1. The molecule has 0 N–H and O–H groups in total. The van der Waals surface area contributed by atoms with E-state index in [0.717, 1.165) is 19.4 Å². The molecular weight excluding hydrogens is 197 g/mol. The minimum absolute atomic E-state index is 0.0862. The number of ether oxygens (including phenoxy) is 2. The standard InChI is InChI=1S/C11H14FNO2/c12-10-4-1-5-13-11(10)15-8-9-3-2-6-14-7-9/h1,4-5,9H,2-3,6-8H2. The zero-order valence-corrected chi connectivity index (χ0v) is 8.49. The summed E-state index contributed by atoms with van der Waals surface area (Å²) in [5, 5.41) is 0. The Labute approximate surface area is 88.2 Å². The molecule has 0 spiro atoms. The van der Waals surface area contributed by atoms with E-state index in [4.69, 9.17) is 9.47 Å². The predicted molar refractivity (Wildman–Crippen MR) is 53.2 cm³/mol. The molecule has 0 saturated carbocycles. The molecule has 1 aliphatic rings. The second kappa shape index (κ2) is 5.07. The number of hydrogen-bond acceptors (Lipinski definition) is 3. The average molecular weight is 211 g/mol. The second-order valence-corrected chi connectivity index (χ2v) is 3.68. The highest BCUT2D eigenvalue weighted by molar-refractivity contribution is 5.12. The highest BCUT2D eigenvalue weighted by Crippen LogP contribution is 2.17. The van der Waals surface area contributed by atoms with Gasteiger partial charge in [-0.2, -0.15) is 0 Å². The first-order valence-electron chi connectivity index (χ1n) is 5.17. The smallest absolute Gasteiger partial charge is 0.250 e. The van der Waals surface area contributed by atoms with Crippen molar-refractivity contribution in [2.45, 2.75) is 12.8 Å². The topological polar surface area (TPSA) is 31.4 Å². The molecule has 1 aromatic rings. The Kier molecular flexibility index (Phi) is 3.50. The van der Waals surface area contributed by atoms with Crippen molar-refractivity contribution in [1.82, 2.24) is 4.98 Å². The van der Waals surface area contributed by atoms with Crippen molar-refractivity contribution in [3.63, 3.8) is 0 Å². The maximum atomic E-state index is 13.1. The maximum absolute atomic E-state index is 13.1. The van der Waals surface area contributed by atoms with Crippen LogP contribution >= 0.6 is 0 Å². The fourth-order valence-electron chi connectivity index (χ4n) is 1.61. The van der Waals surface area contributed by atoms with Crippen molar-refractivity contribution in [3.05, 3.63) is 24.1 Å². The van der Waals surface area contributed by atoms with E-state index in [1.807, 2.05) is 0 Å². The zero-order valence-electron chi connectivity index (χ0n) is 8.49. The molecule has 1 fully saturated rings. The van der Waals surface area contributed by atoms with Gasteiger partial charge in [-0.1, -0.05) is 0 Å². The molecule has 1 saturated heterocycles. The van der Waals surface area contributed by atoms with Gasteiger partial charge in [0.2, 0.25) is 5.88 Å². The largest absolute Gasteiger partial charge is 0.475 e. The third kappa shape index (κ3) is 2.89. The molecule has 0 bridgehead atoms. The van der Waals surface area contributed by atoms with Crippen LogP contribution in [0.25, 0.3) is 0 Å². The van der Waals surface area contributed by atoms with Crippen LogP contribution < -0.4 is 4.74 Å². The lowest BCUT2D eigenvalue weighted by Crippen LogP contribution is -2.23. The van der Waals surface area contributed by atoms with Crippen LogP contribution in [0.1, 0.15) is 12.8 Å². The summed E-state index contributed by atoms with van der Waals surface area (Å²) in [6, 6.07) is 2.89. The van der Waals surface area contributed by atoms with E-state index in [1.165, 1.54) is 12.3 Å². The van der Waals surface area contributed by atoms with Crippen LogP contribution in [-0.4, -0.2) is 24.8 Å². The number of aromatic nitrogens is 1. The van der Waals surface area contributed by atoms with Gasteiger partial charge in [0, 0.05) is 18.7 Å². The van der Waals surface area contributed by atoms with Crippen molar-refractivity contribution in [2.75, 3.05) is 19.8 Å². The minimum atomic E-state index is -0.408. The van der Waals surface area contributed by atoms with Crippen molar-refractivity contribution in [1.29, 1.82) is 0 Å². The Morgan fingerprint density at radius 1 is 1.60 bits per heavy atom. The molecule has 0 aliphatic carbocycles. The monoisotopic (exact) mass is 211 g/mol. The summed E-state index contributed by atoms with van der Waals surface area (Å²) >= 11 is 0. The van der Waals surface area contributed by atoms with Gasteiger partial charge in [-0.3, -0.25) is 0 Å². The number of rotatable bonds is 3. The minimum Gasteiger partial charge on any atom is -0.475 e. The van der Waals surface area contributed by atoms with Gasteiger partial charge in [0.25, 0.3) is 0 Å². The molecule has 2 rings (SSSR count). The van der Waals surface area contributed by atoms with Gasteiger partial charge >= 0.3 is 0 Å². The van der Waals surface area contributed by atoms with Crippen molar-refractivity contribution >= 4 is 0 Å². The quantitative estimate of drug-likeness (QED) is 0.766. The summed E-state index contributed by atoms with van der Waals surface area (Å²) < 4.78 is 23.7. The Balaban J connectivity index is 1.84. The van der Waals surface area contributed by atoms with E-state index < -0.39 is 5.82 Å². The first kappa shape index (κ1) is 10.4. The summed E-state index contributed by atoms with van der Waals surface area (Å²) in [5.41, 5.74) is 0. The highest BCUT2D eigenvalue weighted by Gasteiger charge is 2.15. The predicted octanol–water partition coefficient (Wildman–Crippen LogP) is 2.03. The molecule has 15 heavy (non-hydrogen) atoms. The van der Waals surface area contributed by atoms with Gasteiger partial charge in [-0.05, 0) is 25.0 Å². The number of nitrogens with zero attached hydrogens (tertiary/aromatic N) is 1. The molecule has 82 valence electrons. The third-order valence-electron chi connectivity index (χ3n) is 2.44. The van der Waals surface area contributed by atoms with Crippen LogP contribution in [0.3, 0.4) is 0 Å². The normalized spacial score (nSPS) is 21.3. The highest BCUT2D eigenvalue weighted by atomic mass is 19.1. The fraction of sp³-hybridized carbons (Fsp3) is 0.545. The van der Waals surface area contributed by atoms with Crippen LogP contribution in [0.15, 0.2) is 18.3 Å². The van der Waals surface area contributed by atoms with Crippen LogP contribution in [0.5, 0.6) is 5.88 Å². The Morgan fingerprint density at radius 2 is 2.53 bits per heavy atom. The summed E-state index contributed by atoms with van der Waals surface area (Å²) in [5.74, 6) is 0.0393. The fourth-order valence-corrected chi connectivity index (χ4v) is 1.61. The van der Waals surface area contributed by atoms with Gasteiger partial charge in [0.1, 0.15) is 0 Å². The van der Waals surface area contributed by atoms with Crippen molar-refractivity contribution < 1.29 is 13.9 Å². The molecule has 1 aliphatic heterocycles. The first-order chi connectivity index (χ1) is 7.36. The summed E-state index contributed by atoms with van der Waals surface area (Å²) in [6.45, 7) is 2.01. The molecule has 1 aromatic heterocycles. The van der Waals surface area contributed by atoms with E-state index in [2.05, 4.69) is 4.98 Å². The lowest BCUT2D eigenvalue weighted by atomic mass is 10.0. The number of pyridine rings is 1. The Hall–Kier alpha value is -1.16. The van der Waals surface area contributed by atoms with Gasteiger partial charge in [0.05, 0.1) is 13.2 Å². The van der Waals surface area contributed by atoms with Crippen LogP contribution in [-0.2, 0) is 4.74 Å². The van der Waals surface area contributed by atoms with Crippen LogP contribution in [0.2, 0.25) is 0 Å². The number of halogens is 1. The Bertz CT molecular complexity index is 313. The molecular formula is C11H14FNO2. The lowest BCUT2D eigenvalue weighted by molar-refractivity contribution is 0.0337. The summed E-state index contributed by atoms with van der Waals surface area (Å²) in [6.07, 6.45) is 3.66. The second-order valence-electron chi connectivity index (χ2n) is 3.68. The van der Waals surface area contributed by atoms with E-state index >= 15 is 0 Å². The van der Waals surface area contributed by atoms with E-state index in [9.17, 15) is 4.39 Å². The third-order valence-corrected chi connectivity index (χ3v) is 2.44. The maximum Gasteiger partial charge on any atom is 0.250 e. The molecule has 1 unspecified atom stereocenters. The molecule has 4 heteroatoms. The van der Waals surface area contributed by atoms with Gasteiger partial charge in [-0.25, -0.2) is 9.37 Å². The van der Waals surface area contributed by atoms with Crippen molar-refractivity contribution in [3.8, 4) is 5.88 Å². The van der Waals surface area contributed by atoms with E-state index in [1.54, 1.807) is 6.07 Å². The molecule has 2 heterocycles. The lowest BCUT2D eigenvalue weighted by Gasteiger charge is -2.21. The summed E-state index contributed by atoms with van der Waals surface area (Å²) in [4.78, 5) is 3.82. The molecule has 3 nitrogen and oxygen atoms in total. The van der Waals surface area contributed by atoms with Gasteiger partial charge in [-0.15, -0.1) is 0 Å². The van der Waals surface area contributed by atoms with Crippen molar-refractivity contribution in [2.24, 2.45) is 5.92 Å². The molecule has 1 atom stereocenters. The number of hydrogen-bond donors (Lipinski definition) is 0. The van der Waals surface area contributed by atoms with Crippen LogP contribution in [0.4, 0.5) is 4.39 Å². The molecule has 0 radical (unpaired) electrons. The van der Waals surface area contributed by atoms with Crippen LogP contribution in [0, 0.1) is 11.7 Å². The first-order valence-corrected chi connectivity index (χ1v) is 5.17. The summed E-state index contributed by atoms with van der Waals surface area (Å²) in [7, 11) is 0. The van der Waals surface area contributed by atoms with E-state index in [0.29, 0.717) is 19.1 Å². The van der Waals surface area contributed by atoms with Gasteiger partial charge < -0.3 is 9.47 Å².